The van der Waals surface area contributed by atoms with E-state index < -0.39 is 0 Å². The molecule has 2 rings (SSSR count). The van der Waals surface area contributed by atoms with Crippen molar-refractivity contribution in [1.29, 1.82) is 0 Å². The molecule has 2 saturated heterocycles. The molecule has 0 radical (unpaired) electrons. The predicted molar refractivity (Wildman–Crippen MR) is 82.0 cm³/mol. The summed E-state index contributed by atoms with van der Waals surface area (Å²) in [6, 6.07) is 0.141. The van der Waals surface area contributed by atoms with E-state index in [1.807, 2.05) is 0 Å². The molecule has 0 aromatic carbocycles. The van der Waals surface area contributed by atoms with E-state index in [4.69, 9.17) is 0 Å². The van der Waals surface area contributed by atoms with Crippen LogP contribution >= 0.6 is 0 Å². The van der Waals surface area contributed by atoms with Gasteiger partial charge in [0.05, 0.1) is 6.54 Å². The Morgan fingerprint density at radius 2 is 2.14 bits per heavy atom. The molecule has 21 heavy (non-hydrogen) atoms. The van der Waals surface area contributed by atoms with Crippen LogP contribution in [0.3, 0.4) is 0 Å². The van der Waals surface area contributed by atoms with Crippen LogP contribution in [0.1, 0.15) is 33.1 Å². The molecular formula is C15H28N4O2. The van der Waals surface area contributed by atoms with E-state index in [9.17, 15) is 9.59 Å². The third-order valence-electron chi connectivity index (χ3n) is 4.30. The van der Waals surface area contributed by atoms with Gasteiger partial charge in [-0.2, -0.15) is 0 Å². The van der Waals surface area contributed by atoms with Gasteiger partial charge in [-0.3, -0.25) is 15.0 Å². The van der Waals surface area contributed by atoms with E-state index in [-0.39, 0.29) is 11.9 Å². The Morgan fingerprint density at radius 3 is 2.86 bits per heavy atom. The lowest BCUT2D eigenvalue weighted by Gasteiger charge is -2.24. The van der Waals surface area contributed by atoms with Crippen LogP contribution < -0.4 is 16.0 Å². The molecule has 0 aliphatic carbocycles. The van der Waals surface area contributed by atoms with Gasteiger partial charge >= 0.3 is 6.03 Å². The van der Waals surface area contributed by atoms with Crippen LogP contribution in [0.25, 0.3) is 0 Å². The van der Waals surface area contributed by atoms with Crippen molar-refractivity contribution < 1.29 is 9.59 Å². The summed E-state index contributed by atoms with van der Waals surface area (Å²) in [6.07, 6.45) is 3.38. The third-order valence-corrected chi connectivity index (χ3v) is 4.30. The molecule has 6 nitrogen and oxygen atoms in total. The molecule has 0 spiro atoms. The van der Waals surface area contributed by atoms with Crippen LogP contribution in [0, 0.1) is 11.8 Å². The van der Waals surface area contributed by atoms with E-state index in [2.05, 4.69) is 34.7 Å². The number of amides is 3. The number of imide groups is 1. The lowest BCUT2D eigenvalue weighted by molar-refractivity contribution is -0.120. The number of piperidine rings is 1. The second kappa shape index (κ2) is 7.75. The molecule has 6 heteroatoms. The Balaban J connectivity index is 1.64. The number of hydrogen-bond acceptors (Lipinski definition) is 4. The van der Waals surface area contributed by atoms with Gasteiger partial charge in [-0.15, -0.1) is 0 Å². The van der Waals surface area contributed by atoms with Crippen LogP contribution in [0.4, 0.5) is 4.79 Å². The maximum absolute atomic E-state index is 11.9. The Labute approximate surface area is 127 Å². The molecule has 2 atom stereocenters. The van der Waals surface area contributed by atoms with Crippen molar-refractivity contribution in [2.45, 2.75) is 39.2 Å². The van der Waals surface area contributed by atoms with Crippen molar-refractivity contribution in [3.63, 3.8) is 0 Å². The highest BCUT2D eigenvalue weighted by Crippen LogP contribution is 2.24. The zero-order valence-electron chi connectivity index (χ0n) is 13.2. The smallest absolute Gasteiger partial charge is 0.321 e. The fourth-order valence-electron chi connectivity index (χ4n) is 3.15. The number of nitrogens with zero attached hydrogens (tertiary/aromatic N) is 1. The maximum atomic E-state index is 11.9. The van der Waals surface area contributed by atoms with E-state index in [0.717, 1.165) is 26.1 Å². The van der Waals surface area contributed by atoms with Gasteiger partial charge in [-0.05, 0) is 37.6 Å². The molecular weight excluding hydrogens is 268 g/mol. The second-order valence-electron chi connectivity index (χ2n) is 6.64. The van der Waals surface area contributed by atoms with E-state index >= 15 is 0 Å². The summed E-state index contributed by atoms with van der Waals surface area (Å²) < 4.78 is 0. The van der Waals surface area contributed by atoms with Crippen LogP contribution in [-0.2, 0) is 4.79 Å². The van der Waals surface area contributed by atoms with Crippen LogP contribution in [0.5, 0.6) is 0 Å². The fourth-order valence-corrected chi connectivity index (χ4v) is 3.15. The topological polar surface area (TPSA) is 73.5 Å². The summed E-state index contributed by atoms with van der Waals surface area (Å²) in [7, 11) is 0. The standard InChI is InChI=1S/C15H28N4O2/c1-11(2)5-7-17-15(21)18-14(20)10-19-8-12-4-3-6-16-13(12)9-19/h11-13,16H,3-10H2,1-2H3,(H2,17,18,20,21)/t12-,13+/m0/s1. The first-order valence-corrected chi connectivity index (χ1v) is 8.08. The molecule has 0 aromatic rings. The first kappa shape index (κ1) is 16.2. The van der Waals surface area contributed by atoms with Crippen molar-refractivity contribution in [1.82, 2.24) is 20.9 Å². The van der Waals surface area contributed by atoms with Gasteiger partial charge in [0.2, 0.25) is 5.91 Å². The quantitative estimate of drug-likeness (QED) is 0.692. The summed E-state index contributed by atoms with van der Waals surface area (Å²) in [5, 5.41) is 8.64. The van der Waals surface area contributed by atoms with Gasteiger partial charge in [-0.1, -0.05) is 13.8 Å². The first-order chi connectivity index (χ1) is 10.0. The molecule has 2 aliphatic heterocycles. The number of carbonyl (C=O) groups is 2. The normalized spacial score (nSPS) is 25.7. The Bertz CT molecular complexity index is 359. The van der Waals surface area contributed by atoms with Crippen molar-refractivity contribution in [3.05, 3.63) is 0 Å². The first-order valence-electron chi connectivity index (χ1n) is 8.08. The Kier molecular flexibility index (Phi) is 5.99. The number of likely N-dealkylation sites (tertiary alicyclic amines) is 1. The summed E-state index contributed by atoms with van der Waals surface area (Å²) in [4.78, 5) is 25.6. The number of carbonyl (C=O) groups excluding carboxylic acids is 2. The largest absolute Gasteiger partial charge is 0.338 e. The van der Waals surface area contributed by atoms with Crippen molar-refractivity contribution in [3.8, 4) is 0 Å². The molecule has 0 saturated carbocycles. The highest BCUT2D eigenvalue weighted by atomic mass is 16.2. The fraction of sp³-hybridized carbons (Fsp3) is 0.867. The minimum atomic E-state index is -0.379. The lowest BCUT2D eigenvalue weighted by Crippen LogP contribution is -2.45. The predicted octanol–water partition coefficient (Wildman–Crippen LogP) is 0.542. The van der Waals surface area contributed by atoms with Crippen LogP contribution in [-0.4, -0.2) is 55.6 Å². The molecule has 3 N–H and O–H groups in total. The number of hydrogen-bond donors (Lipinski definition) is 3. The number of urea groups is 1. The van der Waals surface area contributed by atoms with Crippen molar-refractivity contribution in [2.75, 3.05) is 32.7 Å². The minimum absolute atomic E-state index is 0.212. The van der Waals surface area contributed by atoms with Gasteiger partial charge in [0.25, 0.3) is 0 Å². The van der Waals surface area contributed by atoms with E-state index in [0.29, 0.717) is 31.0 Å². The number of rotatable bonds is 5. The van der Waals surface area contributed by atoms with Crippen LogP contribution in [0.2, 0.25) is 0 Å². The lowest BCUT2D eigenvalue weighted by atomic mass is 9.94. The van der Waals surface area contributed by atoms with E-state index in [1.165, 1.54) is 12.8 Å². The SMILES string of the molecule is CC(C)CCNC(=O)NC(=O)CN1C[C@@H]2CCCN[C@@H]2C1. The van der Waals surface area contributed by atoms with Crippen molar-refractivity contribution in [2.24, 2.45) is 11.8 Å². The third kappa shape index (κ3) is 5.28. The average molecular weight is 296 g/mol. The molecule has 3 amide bonds. The summed E-state index contributed by atoms with van der Waals surface area (Å²) in [5.41, 5.74) is 0. The van der Waals surface area contributed by atoms with Crippen LogP contribution in [0.15, 0.2) is 0 Å². The monoisotopic (exact) mass is 296 g/mol. The number of nitrogens with one attached hydrogen (secondary N) is 3. The zero-order chi connectivity index (χ0) is 15.2. The molecule has 120 valence electrons. The molecule has 2 fully saturated rings. The highest BCUT2D eigenvalue weighted by Gasteiger charge is 2.34. The number of fused-ring (bicyclic) bond motifs is 1. The molecule has 2 aliphatic rings. The Hall–Kier alpha value is -1.14. The molecule has 0 bridgehead atoms. The maximum Gasteiger partial charge on any atom is 0.321 e. The van der Waals surface area contributed by atoms with E-state index in [1.54, 1.807) is 0 Å². The summed E-state index contributed by atoms with van der Waals surface area (Å²) >= 11 is 0. The van der Waals surface area contributed by atoms with Gasteiger partial charge in [-0.25, -0.2) is 4.79 Å². The van der Waals surface area contributed by atoms with Crippen molar-refractivity contribution >= 4 is 11.9 Å². The van der Waals surface area contributed by atoms with Gasteiger partial charge in [0.1, 0.15) is 0 Å². The Morgan fingerprint density at radius 1 is 1.33 bits per heavy atom. The average Bonchev–Trinajstić information content (AvgIpc) is 2.79. The van der Waals surface area contributed by atoms with Gasteiger partial charge < -0.3 is 10.6 Å². The molecule has 0 aromatic heterocycles. The molecule has 2 heterocycles. The van der Waals surface area contributed by atoms with Gasteiger partial charge in [0, 0.05) is 25.7 Å². The second-order valence-corrected chi connectivity index (χ2v) is 6.64. The summed E-state index contributed by atoms with van der Waals surface area (Å²) in [6.45, 7) is 8.07. The van der Waals surface area contributed by atoms with Gasteiger partial charge in [0.15, 0.2) is 0 Å². The minimum Gasteiger partial charge on any atom is -0.338 e. The summed E-state index contributed by atoms with van der Waals surface area (Å²) in [5.74, 6) is 0.989. The highest BCUT2D eigenvalue weighted by molar-refractivity contribution is 5.95. The molecule has 0 unspecified atom stereocenters. The zero-order valence-corrected chi connectivity index (χ0v) is 13.2.